The molecule has 2 N–H and O–H groups in total. The molecule has 1 aliphatic rings. The van der Waals surface area contributed by atoms with Crippen molar-refractivity contribution in [2.24, 2.45) is 0 Å². The molecule has 2 aromatic rings. The van der Waals surface area contributed by atoms with Crippen LogP contribution in [-0.2, 0) is 0 Å². The van der Waals surface area contributed by atoms with Crippen molar-refractivity contribution in [2.45, 2.75) is 18.6 Å². The SMILES string of the molecule is COc1ccc(C2CC(O)c3ccc(Br)cc3O2)cc1O. The normalized spacial score (nSPS) is 20.5. The molecule has 0 aliphatic carbocycles. The van der Waals surface area contributed by atoms with Gasteiger partial charge in [-0.05, 0) is 29.8 Å². The predicted octanol–water partition coefficient (Wildman–Crippen LogP) is 3.72. The predicted molar refractivity (Wildman–Crippen MR) is 81.7 cm³/mol. The number of ether oxygens (including phenoxy) is 2. The van der Waals surface area contributed by atoms with Gasteiger partial charge in [0.2, 0.25) is 0 Å². The monoisotopic (exact) mass is 350 g/mol. The maximum atomic E-state index is 10.3. The maximum absolute atomic E-state index is 10.3. The van der Waals surface area contributed by atoms with E-state index in [9.17, 15) is 10.2 Å². The standard InChI is InChI=1S/C16H15BrO4/c1-20-14-5-2-9(6-13(14)19)15-8-12(18)11-4-3-10(17)7-16(11)21-15/h2-7,12,15,18-19H,8H2,1H3. The molecule has 2 unspecified atom stereocenters. The van der Waals surface area contributed by atoms with Gasteiger partial charge in [0, 0.05) is 16.5 Å². The molecule has 3 rings (SSSR count). The van der Waals surface area contributed by atoms with Crippen molar-refractivity contribution < 1.29 is 19.7 Å². The Hall–Kier alpha value is -1.72. The van der Waals surface area contributed by atoms with Crippen molar-refractivity contribution in [3.63, 3.8) is 0 Å². The zero-order chi connectivity index (χ0) is 15.0. The smallest absolute Gasteiger partial charge is 0.160 e. The minimum Gasteiger partial charge on any atom is -0.504 e. The van der Waals surface area contributed by atoms with Gasteiger partial charge in [-0.3, -0.25) is 0 Å². The molecule has 4 nitrogen and oxygen atoms in total. The molecule has 2 atom stereocenters. The van der Waals surface area contributed by atoms with Crippen LogP contribution in [0.1, 0.15) is 29.8 Å². The minimum absolute atomic E-state index is 0.0631. The number of aliphatic hydroxyl groups is 1. The molecule has 0 bridgehead atoms. The van der Waals surface area contributed by atoms with Crippen LogP contribution in [0.2, 0.25) is 0 Å². The summed E-state index contributed by atoms with van der Waals surface area (Å²) in [5.41, 5.74) is 1.59. The summed E-state index contributed by atoms with van der Waals surface area (Å²) in [4.78, 5) is 0. The van der Waals surface area contributed by atoms with E-state index in [0.717, 1.165) is 15.6 Å². The number of hydrogen-bond acceptors (Lipinski definition) is 4. The Labute approximate surface area is 131 Å². The summed E-state index contributed by atoms with van der Waals surface area (Å²) in [5.74, 6) is 1.13. The van der Waals surface area contributed by atoms with Crippen LogP contribution >= 0.6 is 15.9 Å². The Balaban J connectivity index is 1.93. The Morgan fingerprint density at radius 3 is 2.76 bits per heavy atom. The first-order chi connectivity index (χ1) is 10.1. The highest BCUT2D eigenvalue weighted by Gasteiger charge is 2.28. The van der Waals surface area contributed by atoms with Gasteiger partial charge in [-0.2, -0.15) is 0 Å². The fraction of sp³-hybridized carbons (Fsp3) is 0.250. The van der Waals surface area contributed by atoms with E-state index in [1.165, 1.54) is 7.11 Å². The van der Waals surface area contributed by atoms with Crippen molar-refractivity contribution >= 4 is 15.9 Å². The van der Waals surface area contributed by atoms with Crippen molar-refractivity contribution in [1.82, 2.24) is 0 Å². The molecule has 5 heteroatoms. The molecule has 2 aromatic carbocycles. The molecule has 0 saturated carbocycles. The summed E-state index contributed by atoms with van der Waals surface area (Å²) in [6.45, 7) is 0. The largest absolute Gasteiger partial charge is 0.504 e. The van der Waals surface area contributed by atoms with Gasteiger partial charge in [-0.15, -0.1) is 0 Å². The van der Waals surface area contributed by atoms with Crippen molar-refractivity contribution in [3.8, 4) is 17.2 Å². The summed E-state index contributed by atoms with van der Waals surface area (Å²) in [6, 6.07) is 10.7. The molecule has 110 valence electrons. The van der Waals surface area contributed by atoms with Gasteiger partial charge in [0.25, 0.3) is 0 Å². The lowest BCUT2D eigenvalue weighted by molar-refractivity contribution is 0.0655. The Morgan fingerprint density at radius 2 is 2.05 bits per heavy atom. The van der Waals surface area contributed by atoms with Crippen molar-refractivity contribution in [3.05, 3.63) is 52.0 Å². The number of aromatic hydroxyl groups is 1. The quantitative estimate of drug-likeness (QED) is 0.866. The molecule has 0 spiro atoms. The molecule has 0 aromatic heterocycles. The highest BCUT2D eigenvalue weighted by atomic mass is 79.9. The zero-order valence-electron chi connectivity index (χ0n) is 11.4. The first-order valence-electron chi connectivity index (χ1n) is 6.59. The van der Waals surface area contributed by atoms with E-state index in [0.29, 0.717) is 17.9 Å². The number of phenols is 1. The van der Waals surface area contributed by atoms with Gasteiger partial charge in [0.05, 0.1) is 13.2 Å². The number of phenolic OH excluding ortho intramolecular Hbond substituents is 1. The third kappa shape index (κ3) is 2.71. The molecular weight excluding hydrogens is 336 g/mol. The second-order valence-electron chi connectivity index (χ2n) is 4.97. The number of rotatable bonds is 2. The number of hydrogen-bond donors (Lipinski definition) is 2. The van der Waals surface area contributed by atoms with Crippen molar-refractivity contribution in [1.29, 1.82) is 0 Å². The fourth-order valence-electron chi connectivity index (χ4n) is 2.53. The average molecular weight is 351 g/mol. The number of fused-ring (bicyclic) bond motifs is 1. The topological polar surface area (TPSA) is 58.9 Å². The zero-order valence-corrected chi connectivity index (χ0v) is 13.0. The number of aliphatic hydroxyl groups excluding tert-OH is 1. The van der Waals surface area contributed by atoms with Gasteiger partial charge >= 0.3 is 0 Å². The van der Waals surface area contributed by atoms with Crippen LogP contribution in [-0.4, -0.2) is 17.3 Å². The first kappa shape index (κ1) is 14.2. The van der Waals surface area contributed by atoms with Crippen LogP contribution in [0.3, 0.4) is 0 Å². The highest BCUT2D eigenvalue weighted by Crippen LogP contribution is 2.43. The van der Waals surface area contributed by atoms with Gasteiger partial charge in [0.1, 0.15) is 11.9 Å². The Bertz CT molecular complexity index is 671. The van der Waals surface area contributed by atoms with E-state index in [2.05, 4.69) is 15.9 Å². The molecule has 21 heavy (non-hydrogen) atoms. The van der Waals surface area contributed by atoms with E-state index in [1.54, 1.807) is 12.1 Å². The Morgan fingerprint density at radius 1 is 1.24 bits per heavy atom. The van der Waals surface area contributed by atoms with E-state index < -0.39 is 6.10 Å². The van der Waals surface area contributed by atoms with Crippen LogP contribution in [0.15, 0.2) is 40.9 Å². The summed E-state index contributed by atoms with van der Waals surface area (Å²) in [6.07, 6.45) is -0.449. The second kappa shape index (κ2) is 5.58. The second-order valence-corrected chi connectivity index (χ2v) is 5.89. The lowest BCUT2D eigenvalue weighted by Gasteiger charge is -2.30. The lowest BCUT2D eigenvalue weighted by atomic mass is 9.95. The van der Waals surface area contributed by atoms with Crippen LogP contribution in [0, 0.1) is 0 Å². The number of halogens is 1. The summed E-state index contributed by atoms with van der Waals surface area (Å²) in [5, 5.41) is 20.1. The third-order valence-corrected chi connectivity index (χ3v) is 4.11. The first-order valence-corrected chi connectivity index (χ1v) is 7.39. The van der Waals surface area contributed by atoms with E-state index in [-0.39, 0.29) is 11.9 Å². The molecule has 0 radical (unpaired) electrons. The van der Waals surface area contributed by atoms with E-state index in [1.807, 2.05) is 24.3 Å². The van der Waals surface area contributed by atoms with Gasteiger partial charge in [0.15, 0.2) is 11.5 Å². The molecule has 1 heterocycles. The minimum atomic E-state index is -0.587. The number of benzene rings is 2. The summed E-state index contributed by atoms with van der Waals surface area (Å²) >= 11 is 3.40. The van der Waals surface area contributed by atoms with E-state index >= 15 is 0 Å². The number of methoxy groups -OCH3 is 1. The maximum Gasteiger partial charge on any atom is 0.160 e. The molecule has 0 amide bonds. The van der Waals surface area contributed by atoms with Crippen LogP contribution < -0.4 is 9.47 Å². The van der Waals surface area contributed by atoms with Gasteiger partial charge < -0.3 is 19.7 Å². The highest BCUT2D eigenvalue weighted by molar-refractivity contribution is 9.10. The molecule has 0 saturated heterocycles. The average Bonchev–Trinajstić information content (AvgIpc) is 2.46. The molecule has 0 fully saturated rings. The van der Waals surface area contributed by atoms with Crippen molar-refractivity contribution in [2.75, 3.05) is 7.11 Å². The Kier molecular flexibility index (Phi) is 3.78. The third-order valence-electron chi connectivity index (χ3n) is 3.62. The summed E-state index contributed by atoms with van der Waals surface area (Å²) in [7, 11) is 1.50. The lowest BCUT2D eigenvalue weighted by Crippen LogP contribution is -2.19. The van der Waals surface area contributed by atoms with Crippen LogP contribution in [0.4, 0.5) is 0 Å². The van der Waals surface area contributed by atoms with Gasteiger partial charge in [-0.25, -0.2) is 0 Å². The summed E-state index contributed by atoms with van der Waals surface area (Å²) < 4.78 is 11.9. The fourth-order valence-corrected chi connectivity index (χ4v) is 2.87. The molecular formula is C16H15BrO4. The van der Waals surface area contributed by atoms with Crippen LogP contribution in [0.5, 0.6) is 17.2 Å². The van der Waals surface area contributed by atoms with Crippen LogP contribution in [0.25, 0.3) is 0 Å². The van der Waals surface area contributed by atoms with E-state index in [4.69, 9.17) is 9.47 Å². The van der Waals surface area contributed by atoms with Gasteiger partial charge in [-0.1, -0.05) is 28.1 Å². The molecule has 1 aliphatic heterocycles.